The van der Waals surface area contributed by atoms with Crippen LogP contribution in [0, 0.1) is 0 Å². The monoisotopic (exact) mass is 354 g/mol. The Morgan fingerprint density at radius 2 is 2.38 bits per heavy atom. The Hall–Kier alpha value is -1.31. The molecule has 0 aromatic heterocycles. The van der Waals surface area contributed by atoms with Gasteiger partial charge < -0.3 is 20.5 Å². The van der Waals surface area contributed by atoms with E-state index in [-0.39, 0.29) is 29.7 Å². The lowest BCUT2D eigenvalue weighted by Gasteiger charge is -2.43. The van der Waals surface area contributed by atoms with Crippen LogP contribution in [-0.4, -0.2) is 46.0 Å². The van der Waals surface area contributed by atoms with Gasteiger partial charge in [-0.1, -0.05) is 23.4 Å². The maximum absolute atomic E-state index is 12.2. The number of hydrogen-bond donors (Lipinski definition) is 3. The van der Waals surface area contributed by atoms with E-state index in [1.807, 2.05) is 19.9 Å². The molecule has 7 heteroatoms. The molecule has 0 spiro atoms. The van der Waals surface area contributed by atoms with Crippen LogP contribution in [0.1, 0.15) is 39.5 Å². The Bertz CT molecular complexity index is 537. The quantitative estimate of drug-likeness (QED) is 0.502. The van der Waals surface area contributed by atoms with Gasteiger partial charge in [-0.25, -0.2) is 0 Å². The smallest absolute Gasteiger partial charge is 0.279 e. The number of aliphatic hydroxyl groups is 1. The topological polar surface area (TPSA) is 87.7 Å². The molecule has 0 aromatic carbocycles. The molecule has 2 heterocycles. The largest absolute Gasteiger partial charge is 0.364 e. The minimum atomic E-state index is -1.45. The molecule has 0 radical (unpaired) electrons. The van der Waals surface area contributed by atoms with Crippen LogP contribution in [0.4, 0.5) is 4.79 Å². The van der Waals surface area contributed by atoms with Gasteiger partial charge in [0.25, 0.3) is 5.24 Å². The van der Waals surface area contributed by atoms with Crippen molar-refractivity contribution in [2.75, 3.05) is 5.75 Å². The minimum absolute atomic E-state index is 0.156. The number of rotatable bonds is 6. The summed E-state index contributed by atoms with van der Waals surface area (Å²) in [4.78, 5) is 23.6. The molecule has 0 unspecified atom stereocenters. The average Bonchev–Trinajstić information content (AvgIpc) is 2.91. The Balaban J connectivity index is 1.96. The first-order chi connectivity index (χ1) is 11.3. The normalized spacial score (nSPS) is 33.9. The summed E-state index contributed by atoms with van der Waals surface area (Å²) in [5.41, 5.74) is 0.988. The van der Waals surface area contributed by atoms with Crippen LogP contribution >= 0.6 is 11.8 Å². The molecule has 2 amide bonds. The summed E-state index contributed by atoms with van der Waals surface area (Å²) in [6, 6.07) is -0.653. The summed E-state index contributed by atoms with van der Waals surface area (Å²) in [6.07, 6.45) is 5.73. The van der Waals surface area contributed by atoms with Crippen molar-refractivity contribution in [3.8, 4) is 0 Å². The standard InChI is InChI=1S/C17H26N2O4S/c1-4-5-6-11(2)7-15(20)18-13-8-12(3)23-17(22,9-13)14-10-24-16(21)19-14/h4,7,12-14,22H,1,5-6,8-10H2,2-3H3,(H,18,20)(H,19,21)/t12-,13-,14+,17-/m1/s1. The zero-order chi connectivity index (χ0) is 17.7. The van der Waals surface area contributed by atoms with E-state index in [1.165, 1.54) is 0 Å². The van der Waals surface area contributed by atoms with E-state index in [4.69, 9.17) is 4.74 Å². The summed E-state index contributed by atoms with van der Waals surface area (Å²) < 4.78 is 5.70. The van der Waals surface area contributed by atoms with Gasteiger partial charge >= 0.3 is 0 Å². The number of carbonyl (C=O) groups is 2. The van der Waals surface area contributed by atoms with Crippen molar-refractivity contribution in [1.29, 1.82) is 0 Å². The predicted molar refractivity (Wildman–Crippen MR) is 94.6 cm³/mol. The zero-order valence-corrected chi connectivity index (χ0v) is 15.0. The average molecular weight is 354 g/mol. The van der Waals surface area contributed by atoms with Gasteiger partial charge in [-0.3, -0.25) is 9.59 Å². The third-order valence-corrected chi connectivity index (χ3v) is 5.12. The predicted octanol–water partition coefficient (Wildman–Crippen LogP) is 2.10. The van der Waals surface area contributed by atoms with Gasteiger partial charge in [-0.15, -0.1) is 6.58 Å². The fourth-order valence-corrected chi connectivity index (χ4v) is 4.00. The molecular weight excluding hydrogens is 328 g/mol. The molecule has 2 saturated heterocycles. The van der Waals surface area contributed by atoms with Crippen molar-refractivity contribution in [3.63, 3.8) is 0 Å². The third-order valence-electron chi connectivity index (χ3n) is 4.24. The number of allylic oxidation sites excluding steroid dienone is 2. The SMILES string of the molecule is C=CCCC(C)=CC(=O)N[C@@H]1C[C@@H](C)O[C@@](O)([C@@H]2CSC(=O)N2)C1. The highest BCUT2D eigenvalue weighted by atomic mass is 32.2. The highest BCUT2D eigenvalue weighted by molar-refractivity contribution is 8.14. The van der Waals surface area contributed by atoms with Crippen molar-refractivity contribution >= 4 is 22.9 Å². The fourth-order valence-electron chi connectivity index (χ4n) is 3.11. The number of thioether (sulfide) groups is 1. The second kappa shape index (κ2) is 8.18. The summed E-state index contributed by atoms with van der Waals surface area (Å²) in [5, 5.41) is 16.3. The van der Waals surface area contributed by atoms with Crippen LogP contribution in [0.25, 0.3) is 0 Å². The first-order valence-electron chi connectivity index (χ1n) is 8.24. The molecule has 134 valence electrons. The first kappa shape index (κ1) is 19.0. The van der Waals surface area contributed by atoms with Gasteiger partial charge in [0.05, 0.1) is 12.1 Å². The number of ether oxygens (including phenoxy) is 1. The molecule has 4 atom stereocenters. The summed E-state index contributed by atoms with van der Waals surface area (Å²) in [6.45, 7) is 7.45. The molecule has 6 nitrogen and oxygen atoms in total. The van der Waals surface area contributed by atoms with Crippen LogP contribution in [0.2, 0.25) is 0 Å². The summed E-state index contributed by atoms with van der Waals surface area (Å²) in [5.74, 6) is -1.15. The van der Waals surface area contributed by atoms with Crippen LogP contribution in [0.15, 0.2) is 24.3 Å². The first-order valence-corrected chi connectivity index (χ1v) is 9.23. The molecule has 2 rings (SSSR count). The highest BCUT2D eigenvalue weighted by Crippen LogP contribution is 2.33. The highest BCUT2D eigenvalue weighted by Gasteiger charge is 2.48. The lowest BCUT2D eigenvalue weighted by molar-refractivity contribution is -0.264. The van der Waals surface area contributed by atoms with Crippen LogP contribution < -0.4 is 10.6 Å². The van der Waals surface area contributed by atoms with Crippen LogP contribution in [-0.2, 0) is 9.53 Å². The Morgan fingerprint density at radius 3 is 3.00 bits per heavy atom. The Morgan fingerprint density at radius 1 is 1.62 bits per heavy atom. The van der Waals surface area contributed by atoms with Crippen molar-refractivity contribution in [1.82, 2.24) is 10.6 Å². The van der Waals surface area contributed by atoms with Crippen molar-refractivity contribution in [2.24, 2.45) is 0 Å². The van der Waals surface area contributed by atoms with Crippen molar-refractivity contribution < 1.29 is 19.4 Å². The second-order valence-corrected chi connectivity index (χ2v) is 7.52. The molecule has 0 bridgehead atoms. The summed E-state index contributed by atoms with van der Waals surface area (Å²) >= 11 is 1.13. The molecule has 2 aliphatic rings. The van der Waals surface area contributed by atoms with Gasteiger partial charge in [0.1, 0.15) is 0 Å². The van der Waals surface area contributed by atoms with Gasteiger partial charge in [-0.2, -0.15) is 0 Å². The van der Waals surface area contributed by atoms with Crippen LogP contribution in [0.5, 0.6) is 0 Å². The maximum Gasteiger partial charge on any atom is 0.279 e. The summed E-state index contributed by atoms with van der Waals surface area (Å²) in [7, 11) is 0. The van der Waals surface area contributed by atoms with Gasteiger partial charge in [0, 0.05) is 24.3 Å². The van der Waals surface area contributed by atoms with Gasteiger partial charge in [0.15, 0.2) is 5.79 Å². The molecular formula is C17H26N2O4S. The van der Waals surface area contributed by atoms with E-state index in [0.29, 0.717) is 12.2 Å². The lowest BCUT2D eigenvalue weighted by atomic mass is 9.92. The molecule has 3 N–H and O–H groups in total. The molecule has 0 aliphatic carbocycles. The van der Waals surface area contributed by atoms with Crippen LogP contribution in [0.3, 0.4) is 0 Å². The van der Waals surface area contributed by atoms with E-state index in [2.05, 4.69) is 17.2 Å². The fraction of sp³-hybridized carbons (Fsp3) is 0.647. The van der Waals surface area contributed by atoms with Gasteiger partial charge in [-0.05, 0) is 33.1 Å². The Kier molecular flexibility index (Phi) is 6.48. The van der Waals surface area contributed by atoms with Crippen molar-refractivity contribution in [3.05, 3.63) is 24.3 Å². The second-order valence-electron chi connectivity index (χ2n) is 6.53. The van der Waals surface area contributed by atoms with E-state index in [0.717, 1.165) is 30.2 Å². The molecule has 2 aliphatic heterocycles. The molecule has 0 saturated carbocycles. The Labute approximate surface area is 147 Å². The maximum atomic E-state index is 12.2. The lowest BCUT2D eigenvalue weighted by Crippen LogP contribution is -2.60. The van der Waals surface area contributed by atoms with E-state index in [1.54, 1.807) is 6.08 Å². The molecule has 0 aromatic rings. The number of carbonyl (C=O) groups excluding carboxylic acids is 2. The number of amides is 2. The number of nitrogens with one attached hydrogen (secondary N) is 2. The van der Waals surface area contributed by atoms with E-state index >= 15 is 0 Å². The minimum Gasteiger partial charge on any atom is -0.364 e. The molecule has 24 heavy (non-hydrogen) atoms. The van der Waals surface area contributed by atoms with E-state index in [9.17, 15) is 14.7 Å². The van der Waals surface area contributed by atoms with Gasteiger partial charge in [0.2, 0.25) is 5.91 Å². The zero-order valence-electron chi connectivity index (χ0n) is 14.2. The van der Waals surface area contributed by atoms with E-state index < -0.39 is 11.8 Å². The molecule has 2 fully saturated rings. The number of hydrogen-bond acceptors (Lipinski definition) is 5. The third kappa shape index (κ3) is 5.09. The van der Waals surface area contributed by atoms with Crippen molar-refractivity contribution in [2.45, 2.75) is 63.5 Å².